The fourth-order valence-corrected chi connectivity index (χ4v) is 3.53. The average molecular weight is 357 g/mol. The first-order valence-electron chi connectivity index (χ1n) is 7.59. The molecule has 3 aromatic rings. The number of rotatable bonds is 6. The minimum absolute atomic E-state index is 0.100. The summed E-state index contributed by atoms with van der Waals surface area (Å²) in [7, 11) is -3.61. The van der Waals surface area contributed by atoms with Gasteiger partial charge in [-0.2, -0.15) is 0 Å². The summed E-state index contributed by atoms with van der Waals surface area (Å²) in [6, 6.07) is 12.7. The van der Waals surface area contributed by atoms with Gasteiger partial charge in [0.05, 0.1) is 11.4 Å². The number of hydrogen-bond donors (Lipinski definition) is 1. The van der Waals surface area contributed by atoms with Gasteiger partial charge in [0.25, 0.3) is 0 Å². The second-order valence-electron chi connectivity index (χ2n) is 5.46. The number of nitrogens with zero attached hydrogens (tertiary/aromatic N) is 2. The quantitative estimate of drug-likeness (QED) is 0.736. The van der Waals surface area contributed by atoms with E-state index in [9.17, 15) is 12.8 Å². The highest BCUT2D eigenvalue weighted by atomic mass is 32.2. The van der Waals surface area contributed by atoms with Gasteiger partial charge in [0.1, 0.15) is 5.82 Å². The summed E-state index contributed by atoms with van der Waals surface area (Å²) >= 11 is 0. The van der Waals surface area contributed by atoms with E-state index in [-0.39, 0.29) is 12.3 Å². The normalized spacial score (nSPS) is 11.4. The maximum atomic E-state index is 13.2. The summed E-state index contributed by atoms with van der Waals surface area (Å²) in [6.07, 6.45) is 4.96. The molecular weight excluding hydrogens is 341 g/mol. The molecule has 0 aliphatic heterocycles. The molecule has 2 aromatic heterocycles. The lowest BCUT2D eigenvalue weighted by Crippen LogP contribution is -2.25. The highest BCUT2D eigenvalue weighted by Crippen LogP contribution is 2.20. The van der Waals surface area contributed by atoms with E-state index in [1.807, 2.05) is 18.2 Å². The number of pyridine rings is 2. The number of halogens is 1. The molecule has 7 heteroatoms. The number of nitrogens with one attached hydrogen (secondary N) is 1. The number of benzene rings is 1. The highest BCUT2D eigenvalue weighted by Gasteiger charge is 2.14. The Morgan fingerprint density at radius 3 is 2.56 bits per heavy atom. The molecule has 1 aromatic carbocycles. The molecule has 25 heavy (non-hydrogen) atoms. The van der Waals surface area contributed by atoms with Crippen LogP contribution in [-0.4, -0.2) is 18.4 Å². The second-order valence-corrected chi connectivity index (χ2v) is 7.26. The van der Waals surface area contributed by atoms with Gasteiger partial charge < -0.3 is 0 Å². The van der Waals surface area contributed by atoms with Crippen molar-refractivity contribution < 1.29 is 12.8 Å². The highest BCUT2D eigenvalue weighted by molar-refractivity contribution is 7.88. The number of hydrogen-bond acceptors (Lipinski definition) is 4. The first-order valence-corrected chi connectivity index (χ1v) is 9.25. The molecule has 5 nitrogen and oxygen atoms in total. The Morgan fingerprint density at radius 2 is 1.80 bits per heavy atom. The SMILES string of the molecule is O=S(=O)(Cc1cccc(F)c1)NCc1cccnc1-c1ccncc1. The molecule has 0 unspecified atom stereocenters. The monoisotopic (exact) mass is 357 g/mol. The molecule has 0 saturated heterocycles. The van der Waals surface area contributed by atoms with Gasteiger partial charge in [-0.3, -0.25) is 9.97 Å². The van der Waals surface area contributed by atoms with E-state index in [0.717, 1.165) is 11.1 Å². The predicted molar refractivity (Wildman–Crippen MR) is 93.3 cm³/mol. The van der Waals surface area contributed by atoms with Gasteiger partial charge in [0.2, 0.25) is 10.0 Å². The van der Waals surface area contributed by atoms with Crippen molar-refractivity contribution in [2.24, 2.45) is 0 Å². The molecule has 2 heterocycles. The zero-order valence-electron chi connectivity index (χ0n) is 13.3. The summed E-state index contributed by atoms with van der Waals surface area (Å²) in [6.45, 7) is 0.100. The zero-order valence-corrected chi connectivity index (χ0v) is 14.1. The Hall–Kier alpha value is -2.64. The lowest BCUT2D eigenvalue weighted by Gasteiger charge is -2.10. The first-order chi connectivity index (χ1) is 12.0. The van der Waals surface area contributed by atoms with Gasteiger partial charge in [0, 0.05) is 30.7 Å². The maximum absolute atomic E-state index is 13.2. The Bertz CT molecular complexity index is 963. The van der Waals surface area contributed by atoms with Crippen molar-refractivity contribution in [1.29, 1.82) is 0 Å². The molecule has 0 saturated carbocycles. The number of sulfonamides is 1. The van der Waals surface area contributed by atoms with E-state index in [2.05, 4.69) is 14.7 Å². The largest absolute Gasteiger partial charge is 0.265 e. The van der Waals surface area contributed by atoms with E-state index >= 15 is 0 Å². The van der Waals surface area contributed by atoms with Crippen molar-refractivity contribution in [2.45, 2.75) is 12.3 Å². The molecule has 0 spiro atoms. The molecular formula is C18H16FN3O2S. The Morgan fingerprint density at radius 1 is 1.00 bits per heavy atom. The summed E-state index contributed by atoms with van der Waals surface area (Å²) < 4.78 is 40.3. The first kappa shape index (κ1) is 17.2. The molecule has 0 amide bonds. The minimum Gasteiger partial charge on any atom is -0.265 e. The average Bonchev–Trinajstić information content (AvgIpc) is 2.61. The van der Waals surface area contributed by atoms with E-state index in [1.165, 1.54) is 18.2 Å². The van der Waals surface area contributed by atoms with Gasteiger partial charge in [0.15, 0.2) is 0 Å². The predicted octanol–water partition coefficient (Wildman–Crippen LogP) is 2.90. The molecule has 0 aliphatic rings. The minimum atomic E-state index is -3.61. The van der Waals surface area contributed by atoms with Crippen molar-refractivity contribution in [3.63, 3.8) is 0 Å². The van der Waals surface area contributed by atoms with Crippen LogP contribution in [0.1, 0.15) is 11.1 Å². The Labute approximate surface area is 145 Å². The maximum Gasteiger partial charge on any atom is 0.216 e. The van der Waals surface area contributed by atoms with Crippen LogP contribution in [0.25, 0.3) is 11.3 Å². The van der Waals surface area contributed by atoms with Crippen LogP contribution in [0.15, 0.2) is 67.1 Å². The molecule has 128 valence electrons. The third-order valence-corrected chi connectivity index (χ3v) is 4.87. The van der Waals surface area contributed by atoms with Crippen molar-refractivity contribution in [3.8, 4) is 11.3 Å². The third kappa shape index (κ3) is 4.68. The van der Waals surface area contributed by atoms with Gasteiger partial charge in [-0.05, 0) is 41.5 Å². The van der Waals surface area contributed by atoms with Crippen LogP contribution in [0.4, 0.5) is 4.39 Å². The van der Waals surface area contributed by atoms with Crippen molar-refractivity contribution in [3.05, 3.63) is 84.1 Å². The van der Waals surface area contributed by atoms with Crippen LogP contribution in [-0.2, 0) is 22.3 Å². The summed E-state index contributed by atoms with van der Waals surface area (Å²) in [5, 5.41) is 0. The van der Waals surface area contributed by atoms with Crippen molar-refractivity contribution in [1.82, 2.24) is 14.7 Å². The Balaban J connectivity index is 1.75. The molecule has 0 aliphatic carbocycles. The van der Waals surface area contributed by atoms with Crippen LogP contribution < -0.4 is 4.72 Å². The number of aromatic nitrogens is 2. The van der Waals surface area contributed by atoms with Crippen LogP contribution >= 0.6 is 0 Å². The molecule has 0 bridgehead atoms. The fourth-order valence-electron chi connectivity index (χ4n) is 2.44. The summed E-state index contributed by atoms with van der Waals surface area (Å²) in [4.78, 5) is 8.30. The van der Waals surface area contributed by atoms with Crippen LogP contribution in [0.3, 0.4) is 0 Å². The fraction of sp³-hybridized carbons (Fsp3) is 0.111. The van der Waals surface area contributed by atoms with Crippen LogP contribution in [0.5, 0.6) is 0 Å². The molecule has 3 rings (SSSR count). The van der Waals surface area contributed by atoms with Crippen LogP contribution in [0.2, 0.25) is 0 Å². The van der Waals surface area contributed by atoms with Crippen LogP contribution in [0, 0.1) is 5.82 Å². The molecule has 0 fully saturated rings. The molecule has 0 radical (unpaired) electrons. The lowest BCUT2D eigenvalue weighted by molar-refractivity contribution is 0.580. The third-order valence-electron chi connectivity index (χ3n) is 3.57. The van der Waals surface area contributed by atoms with Gasteiger partial charge in [-0.1, -0.05) is 18.2 Å². The second kappa shape index (κ2) is 7.50. The van der Waals surface area contributed by atoms with E-state index < -0.39 is 15.8 Å². The lowest BCUT2D eigenvalue weighted by atomic mass is 10.1. The zero-order chi connectivity index (χ0) is 17.7. The molecule has 0 atom stereocenters. The summed E-state index contributed by atoms with van der Waals surface area (Å²) in [5.41, 5.74) is 2.69. The van der Waals surface area contributed by atoms with Gasteiger partial charge in [-0.25, -0.2) is 17.5 Å². The van der Waals surface area contributed by atoms with Gasteiger partial charge >= 0.3 is 0 Å². The van der Waals surface area contributed by atoms with E-state index in [1.54, 1.807) is 30.7 Å². The molecule has 1 N–H and O–H groups in total. The topological polar surface area (TPSA) is 72.0 Å². The van der Waals surface area contributed by atoms with Gasteiger partial charge in [-0.15, -0.1) is 0 Å². The van der Waals surface area contributed by atoms with Crippen molar-refractivity contribution in [2.75, 3.05) is 0 Å². The van der Waals surface area contributed by atoms with E-state index in [0.29, 0.717) is 11.3 Å². The van der Waals surface area contributed by atoms with Crippen molar-refractivity contribution >= 4 is 10.0 Å². The standard InChI is InChI=1S/C18H16FN3O2S/c19-17-5-1-3-14(11-17)13-25(23,24)22-12-16-4-2-8-21-18(16)15-6-9-20-10-7-15/h1-11,22H,12-13H2. The Kier molecular flexibility index (Phi) is 5.16. The smallest absolute Gasteiger partial charge is 0.216 e. The van der Waals surface area contributed by atoms with E-state index in [4.69, 9.17) is 0 Å². The summed E-state index contributed by atoms with van der Waals surface area (Å²) in [5.74, 6) is -0.741.